The second-order valence-electron chi connectivity index (χ2n) is 4.88. The number of carbonyl (C=O) groups is 1. The molecule has 0 spiro atoms. The largest absolute Gasteiger partial charge is 0.493 e. The molecule has 2 N–H and O–H groups in total. The van der Waals surface area contributed by atoms with Gasteiger partial charge in [0.15, 0.2) is 11.5 Å². The zero-order chi connectivity index (χ0) is 17.5. The fourth-order valence-corrected chi connectivity index (χ4v) is 2.11. The number of amides is 1. The Morgan fingerprint density at radius 3 is 2.39 bits per heavy atom. The zero-order valence-corrected chi connectivity index (χ0v) is 13.3. The van der Waals surface area contributed by atoms with E-state index in [9.17, 15) is 18.0 Å². The lowest BCUT2D eigenvalue weighted by atomic mass is 10.0. The molecule has 0 saturated heterocycles. The number of methoxy groups -OCH3 is 2. The van der Waals surface area contributed by atoms with Crippen molar-refractivity contribution in [3.63, 3.8) is 0 Å². The lowest BCUT2D eigenvalue weighted by Crippen LogP contribution is -2.39. The molecule has 0 radical (unpaired) electrons. The number of halogens is 3. The summed E-state index contributed by atoms with van der Waals surface area (Å²) in [6, 6.07) is 4.01. The van der Waals surface area contributed by atoms with Gasteiger partial charge in [0, 0.05) is 0 Å². The summed E-state index contributed by atoms with van der Waals surface area (Å²) in [4.78, 5) is 11.3. The molecular weight excluding hydrogens is 313 g/mol. The van der Waals surface area contributed by atoms with Crippen LogP contribution in [0.5, 0.6) is 11.5 Å². The van der Waals surface area contributed by atoms with Gasteiger partial charge in [-0.25, -0.2) is 0 Å². The molecule has 130 valence electrons. The third-order valence-electron chi connectivity index (χ3n) is 3.29. The van der Waals surface area contributed by atoms with E-state index in [0.29, 0.717) is 36.4 Å². The average Bonchev–Trinajstić information content (AvgIpc) is 2.52. The highest BCUT2D eigenvalue weighted by molar-refractivity contribution is 5.82. The fourth-order valence-electron chi connectivity index (χ4n) is 2.11. The van der Waals surface area contributed by atoms with Crippen LogP contribution < -0.4 is 20.1 Å². The number of rotatable bonds is 8. The average molecular weight is 334 g/mol. The fraction of sp³-hybridized carbons (Fsp3) is 0.533. The topological polar surface area (TPSA) is 59.6 Å². The van der Waals surface area contributed by atoms with E-state index in [1.165, 1.54) is 14.2 Å². The van der Waals surface area contributed by atoms with Crippen molar-refractivity contribution in [3.8, 4) is 11.5 Å². The van der Waals surface area contributed by atoms with Gasteiger partial charge < -0.3 is 20.1 Å². The number of hydrogen-bond donors (Lipinski definition) is 2. The molecule has 5 nitrogen and oxygen atoms in total. The Bertz CT molecular complexity index is 521. The molecular formula is C15H21F3N2O3. The van der Waals surface area contributed by atoms with Gasteiger partial charge >= 0.3 is 12.1 Å². The number of benzene rings is 1. The van der Waals surface area contributed by atoms with Crippen molar-refractivity contribution < 1.29 is 27.4 Å². The van der Waals surface area contributed by atoms with Crippen LogP contribution in [0.3, 0.4) is 0 Å². The van der Waals surface area contributed by atoms with Gasteiger partial charge in [0.05, 0.1) is 20.3 Å². The first kappa shape index (κ1) is 19.1. The number of hydrogen-bond acceptors (Lipinski definition) is 4. The molecule has 0 aliphatic rings. The van der Waals surface area contributed by atoms with E-state index in [1.54, 1.807) is 25.2 Å². The van der Waals surface area contributed by atoms with Crippen LogP contribution in [-0.2, 0) is 4.79 Å². The minimum atomic E-state index is -4.92. The summed E-state index contributed by atoms with van der Waals surface area (Å²) in [5.41, 5.74) is 0.524. The third kappa shape index (κ3) is 5.63. The van der Waals surface area contributed by atoms with Crippen molar-refractivity contribution in [2.45, 2.75) is 25.1 Å². The highest BCUT2D eigenvalue weighted by atomic mass is 19.4. The van der Waals surface area contributed by atoms with Crippen molar-refractivity contribution in [2.24, 2.45) is 0 Å². The van der Waals surface area contributed by atoms with Crippen LogP contribution in [0.4, 0.5) is 13.2 Å². The SMILES string of the molecule is CNCCC[C@@H](NC(=O)C(F)(F)F)c1ccc(OC)c(OC)c1. The van der Waals surface area contributed by atoms with E-state index in [-0.39, 0.29) is 0 Å². The van der Waals surface area contributed by atoms with Gasteiger partial charge in [0.1, 0.15) is 0 Å². The molecule has 0 heterocycles. The standard InChI is InChI=1S/C15H21F3N2O3/c1-19-8-4-5-11(20-14(21)15(16,17)18)10-6-7-12(22-2)13(9-10)23-3/h6-7,9,11,19H,4-5,8H2,1-3H3,(H,20,21)/t11-/m1/s1. The van der Waals surface area contributed by atoms with E-state index in [0.717, 1.165) is 0 Å². The van der Waals surface area contributed by atoms with E-state index >= 15 is 0 Å². The molecule has 0 saturated carbocycles. The van der Waals surface area contributed by atoms with Crippen LogP contribution in [0.2, 0.25) is 0 Å². The molecule has 23 heavy (non-hydrogen) atoms. The summed E-state index contributed by atoms with van der Waals surface area (Å²) in [7, 11) is 4.65. The third-order valence-corrected chi connectivity index (χ3v) is 3.29. The summed E-state index contributed by atoms with van der Waals surface area (Å²) in [6.07, 6.45) is -3.95. The second-order valence-corrected chi connectivity index (χ2v) is 4.88. The summed E-state index contributed by atoms with van der Waals surface area (Å²) in [5.74, 6) is -1.10. The number of ether oxygens (including phenoxy) is 2. The first-order chi connectivity index (χ1) is 10.8. The molecule has 0 aliphatic heterocycles. The summed E-state index contributed by atoms with van der Waals surface area (Å²) in [6.45, 7) is 0.631. The van der Waals surface area contributed by atoms with Gasteiger partial charge in [-0.1, -0.05) is 6.07 Å². The summed E-state index contributed by atoms with van der Waals surface area (Å²) in [5, 5.41) is 4.95. The highest BCUT2D eigenvalue weighted by Gasteiger charge is 2.39. The van der Waals surface area contributed by atoms with E-state index in [1.807, 2.05) is 5.32 Å². The second kappa shape index (κ2) is 8.61. The normalized spacial score (nSPS) is 12.6. The molecule has 1 rings (SSSR count). The molecule has 0 aromatic heterocycles. The molecule has 8 heteroatoms. The molecule has 1 aromatic rings. The maximum atomic E-state index is 12.5. The Kier molecular flexibility index (Phi) is 7.15. The van der Waals surface area contributed by atoms with Gasteiger partial charge in [-0.15, -0.1) is 0 Å². The Morgan fingerprint density at radius 2 is 1.87 bits per heavy atom. The zero-order valence-electron chi connectivity index (χ0n) is 13.3. The molecule has 1 atom stereocenters. The highest BCUT2D eigenvalue weighted by Crippen LogP contribution is 2.31. The van der Waals surface area contributed by atoms with Crippen molar-refractivity contribution in [1.29, 1.82) is 0 Å². The summed E-state index contributed by atoms with van der Waals surface area (Å²) >= 11 is 0. The number of alkyl halides is 3. The van der Waals surface area contributed by atoms with Crippen molar-refractivity contribution in [3.05, 3.63) is 23.8 Å². The van der Waals surface area contributed by atoms with E-state index < -0.39 is 18.1 Å². The molecule has 0 aliphatic carbocycles. The minimum Gasteiger partial charge on any atom is -0.493 e. The van der Waals surface area contributed by atoms with Crippen LogP contribution in [0.25, 0.3) is 0 Å². The Hall–Kier alpha value is -1.96. The predicted octanol–water partition coefficient (Wildman–Crippen LogP) is 2.42. The van der Waals surface area contributed by atoms with E-state index in [4.69, 9.17) is 9.47 Å². The van der Waals surface area contributed by atoms with Gasteiger partial charge in [-0.2, -0.15) is 13.2 Å². The number of carbonyl (C=O) groups excluding carboxylic acids is 1. The maximum Gasteiger partial charge on any atom is 0.471 e. The molecule has 0 bridgehead atoms. The van der Waals surface area contributed by atoms with E-state index in [2.05, 4.69) is 5.32 Å². The Morgan fingerprint density at radius 1 is 1.22 bits per heavy atom. The Labute approximate surface area is 133 Å². The molecule has 1 amide bonds. The molecule has 1 aromatic carbocycles. The lowest BCUT2D eigenvalue weighted by molar-refractivity contribution is -0.174. The smallest absolute Gasteiger partial charge is 0.471 e. The quantitative estimate of drug-likeness (QED) is 0.717. The summed E-state index contributed by atoms with van der Waals surface area (Å²) < 4.78 is 47.8. The van der Waals surface area contributed by atoms with Gasteiger partial charge in [0.2, 0.25) is 0 Å². The minimum absolute atomic E-state index is 0.359. The van der Waals surface area contributed by atoms with Crippen LogP contribution in [-0.4, -0.2) is 39.9 Å². The first-order valence-corrected chi connectivity index (χ1v) is 7.07. The van der Waals surface area contributed by atoms with Crippen molar-refractivity contribution in [2.75, 3.05) is 27.8 Å². The predicted molar refractivity (Wildman–Crippen MR) is 79.6 cm³/mol. The molecule has 0 fully saturated rings. The van der Waals surface area contributed by atoms with Crippen LogP contribution >= 0.6 is 0 Å². The van der Waals surface area contributed by atoms with Crippen molar-refractivity contribution in [1.82, 2.24) is 10.6 Å². The monoisotopic (exact) mass is 334 g/mol. The van der Waals surface area contributed by atoms with Crippen LogP contribution in [0.1, 0.15) is 24.4 Å². The lowest BCUT2D eigenvalue weighted by Gasteiger charge is -2.21. The van der Waals surface area contributed by atoms with Crippen molar-refractivity contribution >= 4 is 5.91 Å². The van der Waals surface area contributed by atoms with Gasteiger partial charge in [-0.3, -0.25) is 4.79 Å². The Balaban J connectivity index is 3.00. The maximum absolute atomic E-state index is 12.5. The molecule has 0 unspecified atom stereocenters. The van der Waals surface area contributed by atoms with Crippen LogP contribution in [0, 0.1) is 0 Å². The number of nitrogens with one attached hydrogen (secondary N) is 2. The van der Waals surface area contributed by atoms with Gasteiger partial charge in [0.25, 0.3) is 0 Å². The van der Waals surface area contributed by atoms with Crippen LogP contribution in [0.15, 0.2) is 18.2 Å². The van der Waals surface area contributed by atoms with Gasteiger partial charge in [-0.05, 0) is 44.1 Å². The first-order valence-electron chi connectivity index (χ1n) is 7.07.